The zero-order valence-corrected chi connectivity index (χ0v) is 13.6. The molecule has 6 heteroatoms. The summed E-state index contributed by atoms with van der Waals surface area (Å²) in [5, 5.41) is 5.70. The quantitative estimate of drug-likeness (QED) is 0.864. The van der Waals surface area contributed by atoms with E-state index in [9.17, 15) is 9.59 Å². The third kappa shape index (κ3) is 3.22. The van der Waals surface area contributed by atoms with Gasteiger partial charge in [-0.1, -0.05) is 6.07 Å². The summed E-state index contributed by atoms with van der Waals surface area (Å²) in [4.78, 5) is 24.0. The van der Waals surface area contributed by atoms with Crippen molar-refractivity contribution in [2.24, 2.45) is 5.92 Å². The van der Waals surface area contributed by atoms with Crippen LogP contribution in [0.3, 0.4) is 0 Å². The lowest BCUT2D eigenvalue weighted by molar-refractivity contribution is -0.117. The molecule has 114 valence electrons. The molecule has 3 rings (SSSR count). The van der Waals surface area contributed by atoms with Gasteiger partial charge in [0.2, 0.25) is 5.91 Å². The van der Waals surface area contributed by atoms with Gasteiger partial charge in [-0.3, -0.25) is 9.59 Å². The van der Waals surface area contributed by atoms with Crippen LogP contribution < -0.4 is 10.6 Å². The van der Waals surface area contributed by atoms with E-state index in [4.69, 9.17) is 4.42 Å². The van der Waals surface area contributed by atoms with Crippen molar-refractivity contribution in [3.05, 3.63) is 46.3 Å². The van der Waals surface area contributed by atoms with Gasteiger partial charge in [0.1, 0.15) is 0 Å². The van der Waals surface area contributed by atoms with Crippen LogP contribution in [-0.2, 0) is 4.79 Å². The predicted molar refractivity (Wildman–Crippen MR) is 86.9 cm³/mol. The van der Waals surface area contributed by atoms with Crippen LogP contribution in [0, 0.1) is 12.8 Å². The molecule has 1 aromatic carbocycles. The highest BCUT2D eigenvalue weighted by Gasteiger charge is 2.29. The average Bonchev–Trinajstić information content (AvgIpc) is 3.25. The molecular weight excluding hydrogens is 348 g/mol. The van der Waals surface area contributed by atoms with E-state index in [0.29, 0.717) is 10.4 Å². The maximum absolute atomic E-state index is 12.1. The number of rotatable bonds is 4. The highest BCUT2D eigenvalue weighted by molar-refractivity contribution is 9.10. The minimum Gasteiger partial charge on any atom is -0.444 e. The molecule has 0 radical (unpaired) electrons. The van der Waals surface area contributed by atoms with E-state index >= 15 is 0 Å². The zero-order chi connectivity index (χ0) is 15.7. The Morgan fingerprint density at radius 3 is 2.41 bits per heavy atom. The summed E-state index contributed by atoms with van der Waals surface area (Å²) in [6, 6.07) is 8.66. The van der Waals surface area contributed by atoms with Crippen molar-refractivity contribution in [2.75, 3.05) is 10.6 Å². The first-order valence-corrected chi connectivity index (χ1v) is 7.81. The maximum Gasteiger partial charge on any atom is 0.291 e. The second-order valence-corrected chi connectivity index (χ2v) is 6.08. The number of anilines is 2. The van der Waals surface area contributed by atoms with Crippen LogP contribution in [0.25, 0.3) is 0 Å². The largest absolute Gasteiger partial charge is 0.444 e. The molecule has 0 unspecified atom stereocenters. The Morgan fingerprint density at radius 2 is 1.82 bits per heavy atom. The van der Waals surface area contributed by atoms with E-state index in [1.54, 1.807) is 24.3 Å². The fourth-order valence-electron chi connectivity index (χ4n) is 2.11. The van der Waals surface area contributed by atoms with Crippen molar-refractivity contribution in [1.29, 1.82) is 0 Å². The molecule has 1 fully saturated rings. The molecule has 1 heterocycles. The maximum atomic E-state index is 12.1. The van der Waals surface area contributed by atoms with Gasteiger partial charge in [0, 0.05) is 17.3 Å². The van der Waals surface area contributed by atoms with Gasteiger partial charge in [0.05, 0.1) is 0 Å². The van der Waals surface area contributed by atoms with Crippen LogP contribution in [0.15, 0.2) is 39.4 Å². The van der Waals surface area contributed by atoms with Gasteiger partial charge in [-0.2, -0.15) is 0 Å². The number of amides is 2. The highest BCUT2D eigenvalue weighted by atomic mass is 79.9. The molecule has 2 N–H and O–H groups in total. The summed E-state index contributed by atoms with van der Waals surface area (Å²) in [5.74, 6) is 0.0674. The minimum atomic E-state index is -0.334. The van der Waals surface area contributed by atoms with E-state index in [0.717, 1.165) is 24.1 Å². The van der Waals surface area contributed by atoms with Gasteiger partial charge in [-0.05, 0) is 65.5 Å². The summed E-state index contributed by atoms with van der Waals surface area (Å²) in [7, 11) is 0. The number of hydrogen-bond acceptors (Lipinski definition) is 3. The first-order valence-electron chi connectivity index (χ1n) is 7.02. The molecule has 1 aliphatic carbocycles. The second-order valence-electron chi connectivity index (χ2n) is 5.30. The van der Waals surface area contributed by atoms with Gasteiger partial charge >= 0.3 is 0 Å². The number of carbonyl (C=O) groups excluding carboxylic acids is 2. The van der Waals surface area contributed by atoms with Gasteiger partial charge in [0.25, 0.3) is 5.91 Å². The Bertz CT molecular complexity index is 735. The van der Waals surface area contributed by atoms with E-state index in [1.807, 2.05) is 13.0 Å². The van der Waals surface area contributed by atoms with E-state index < -0.39 is 0 Å². The molecule has 0 saturated heterocycles. The van der Waals surface area contributed by atoms with Crippen LogP contribution in [0.4, 0.5) is 11.4 Å². The van der Waals surface area contributed by atoms with Crippen molar-refractivity contribution in [2.45, 2.75) is 19.8 Å². The monoisotopic (exact) mass is 362 g/mol. The number of furan rings is 1. The van der Waals surface area contributed by atoms with Crippen LogP contribution in [-0.4, -0.2) is 11.8 Å². The summed E-state index contributed by atoms with van der Waals surface area (Å²) < 4.78 is 5.73. The average molecular weight is 363 g/mol. The summed E-state index contributed by atoms with van der Waals surface area (Å²) in [5.41, 5.74) is 2.18. The number of hydrogen-bond donors (Lipinski definition) is 2. The first-order chi connectivity index (χ1) is 10.5. The van der Waals surface area contributed by atoms with Crippen LogP contribution in [0.2, 0.25) is 0 Å². The molecule has 5 nitrogen and oxygen atoms in total. The lowest BCUT2D eigenvalue weighted by atomic mass is 10.1. The molecule has 1 aromatic heterocycles. The van der Waals surface area contributed by atoms with E-state index in [2.05, 4.69) is 26.6 Å². The number of carbonyl (C=O) groups is 2. The Kier molecular flexibility index (Phi) is 4.02. The smallest absolute Gasteiger partial charge is 0.291 e. The minimum absolute atomic E-state index is 0.0431. The van der Waals surface area contributed by atoms with Crippen molar-refractivity contribution >= 4 is 39.1 Å². The fraction of sp³-hybridized carbons (Fsp3) is 0.250. The lowest BCUT2D eigenvalue weighted by Gasteiger charge is -2.12. The first kappa shape index (κ1) is 14.8. The van der Waals surface area contributed by atoms with Gasteiger partial charge in [-0.25, -0.2) is 0 Å². The van der Waals surface area contributed by atoms with Crippen molar-refractivity contribution in [3.8, 4) is 0 Å². The van der Waals surface area contributed by atoms with Crippen molar-refractivity contribution in [3.63, 3.8) is 0 Å². The molecule has 1 saturated carbocycles. The molecule has 1 aliphatic rings. The molecule has 22 heavy (non-hydrogen) atoms. The third-order valence-corrected chi connectivity index (χ3v) is 4.01. The predicted octanol–water partition coefficient (Wildman–Crippen LogP) is 3.95. The van der Waals surface area contributed by atoms with Gasteiger partial charge in [-0.15, -0.1) is 0 Å². The Labute approximate surface area is 136 Å². The number of nitrogens with one attached hydrogen (secondary N) is 2. The molecule has 2 aromatic rings. The van der Waals surface area contributed by atoms with Crippen molar-refractivity contribution in [1.82, 2.24) is 0 Å². The molecule has 2 amide bonds. The van der Waals surface area contributed by atoms with E-state index in [-0.39, 0.29) is 23.5 Å². The Balaban J connectivity index is 1.76. The molecule has 0 spiro atoms. The third-order valence-electron chi connectivity index (χ3n) is 3.58. The Hall–Kier alpha value is -2.08. The Morgan fingerprint density at radius 1 is 1.14 bits per heavy atom. The summed E-state index contributed by atoms with van der Waals surface area (Å²) in [6.07, 6.45) is 1.91. The molecule has 0 atom stereocenters. The molecule has 0 aliphatic heterocycles. The number of benzene rings is 1. The topological polar surface area (TPSA) is 71.3 Å². The lowest BCUT2D eigenvalue weighted by Crippen LogP contribution is -2.16. The summed E-state index contributed by atoms with van der Waals surface area (Å²) in [6.45, 7) is 1.86. The summed E-state index contributed by atoms with van der Waals surface area (Å²) >= 11 is 3.16. The molecular formula is C16H15BrN2O3. The van der Waals surface area contributed by atoms with Gasteiger partial charge < -0.3 is 15.1 Å². The van der Waals surface area contributed by atoms with Crippen molar-refractivity contribution < 1.29 is 14.0 Å². The van der Waals surface area contributed by atoms with E-state index in [1.165, 1.54) is 0 Å². The number of halogens is 1. The highest BCUT2D eigenvalue weighted by Crippen LogP contribution is 2.31. The van der Waals surface area contributed by atoms with Crippen LogP contribution >= 0.6 is 15.9 Å². The van der Waals surface area contributed by atoms with Gasteiger partial charge in [0.15, 0.2) is 10.4 Å². The normalized spacial score (nSPS) is 13.7. The van der Waals surface area contributed by atoms with Crippen LogP contribution in [0.5, 0.6) is 0 Å². The molecule has 0 bridgehead atoms. The fourth-order valence-corrected chi connectivity index (χ4v) is 2.41. The zero-order valence-electron chi connectivity index (χ0n) is 12.0. The van der Waals surface area contributed by atoms with Crippen LogP contribution in [0.1, 0.15) is 29.0 Å². The SMILES string of the molecule is Cc1c(NC(=O)c2ccc(Br)o2)cccc1NC(=O)C1CC1. The standard InChI is InChI=1S/C16H15BrN2O3/c1-9-11(18-15(20)10-5-6-10)3-2-4-12(9)19-16(21)13-7-8-14(17)22-13/h2-4,7-8,10H,5-6H2,1H3,(H,18,20)(H,19,21). The second kappa shape index (κ2) is 5.96.